The molecule has 1 aliphatic carbocycles. The van der Waals surface area contributed by atoms with Crippen molar-refractivity contribution in [3.05, 3.63) is 29.8 Å². The highest BCUT2D eigenvalue weighted by Crippen LogP contribution is 2.45. The summed E-state index contributed by atoms with van der Waals surface area (Å²) >= 11 is 0. The van der Waals surface area contributed by atoms with E-state index in [0.29, 0.717) is 11.8 Å². The van der Waals surface area contributed by atoms with Crippen LogP contribution in [0.15, 0.2) is 24.3 Å². The third-order valence-electron chi connectivity index (χ3n) is 5.08. The molecule has 3 rings (SSSR count). The zero-order chi connectivity index (χ0) is 14.2. The van der Waals surface area contributed by atoms with Gasteiger partial charge in [-0.2, -0.15) is 0 Å². The molecule has 1 aromatic rings. The molecule has 110 valence electrons. The molecule has 1 aliphatic heterocycles. The lowest BCUT2D eigenvalue weighted by atomic mass is 9.91. The number of ether oxygens (including phenoxy) is 1. The van der Waals surface area contributed by atoms with Gasteiger partial charge >= 0.3 is 0 Å². The van der Waals surface area contributed by atoms with Crippen LogP contribution in [0.4, 0.5) is 0 Å². The van der Waals surface area contributed by atoms with Crippen LogP contribution in [-0.4, -0.2) is 42.4 Å². The minimum Gasteiger partial charge on any atom is -0.497 e. The molecule has 0 amide bonds. The number of fused-ring (bicyclic) bond motifs is 1. The molecule has 0 radical (unpaired) electrons. The molecule has 1 heterocycles. The molecule has 3 atom stereocenters. The summed E-state index contributed by atoms with van der Waals surface area (Å²) in [7, 11) is 1.68. The Bertz CT molecular complexity index is 443. The average molecular weight is 275 g/mol. The van der Waals surface area contributed by atoms with Gasteiger partial charge in [0.2, 0.25) is 0 Å². The molecule has 1 unspecified atom stereocenters. The van der Waals surface area contributed by atoms with E-state index in [4.69, 9.17) is 4.74 Å². The summed E-state index contributed by atoms with van der Waals surface area (Å²) in [5.41, 5.74) is 0.713. The van der Waals surface area contributed by atoms with Crippen LogP contribution in [-0.2, 0) is 6.42 Å². The summed E-state index contributed by atoms with van der Waals surface area (Å²) in [6, 6.07) is 8.10. The molecule has 2 aliphatic rings. The monoisotopic (exact) mass is 275 g/mol. The number of benzene rings is 1. The highest BCUT2D eigenvalue weighted by atomic mass is 16.5. The van der Waals surface area contributed by atoms with Gasteiger partial charge in [-0.25, -0.2) is 0 Å². The van der Waals surface area contributed by atoms with Gasteiger partial charge in [-0.3, -0.25) is 0 Å². The van der Waals surface area contributed by atoms with Gasteiger partial charge in [-0.15, -0.1) is 0 Å². The maximum absolute atomic E-state index is 10.9. The van der Waals surface area contributed by atoms with Gasteiger partial charge in [0.05, 0.1) is 12.7 Å². The first-order chi connectivity index (χ1) is 9.62. The van der Waals surface area contributed by atoms with E-state index < -0.39 is 5.60 Å². The molecule has 0 spiro atoms. The van der Waals surface area contributed by atoms with E-state index in [2.05, 4.69) is 24.0 Å². The van der Waals surface area contributed by atoms with E-state index in [1.54, 1.807) is 7.11 Å². The van der Waals surface area contributed by atoms with Crippen LogP contribution in [0.3, 0.4) is 0 Å². The average Bonchev–Trinajstić information content (AvgIpc) is 2.93. The number of nitrogens with zero attached hydrogens (tertiary/aromatic N) is 1. The number of methoxy groups -OCH3 is 1. The van der Waals surface area contributed by atoms with Crippen molar-refractivity contribution in [2.45, 2.75) is 31.8 Å². The Morgan fingerprint density at radius 1 is 1.20 bits per heavy atom. The molecular weight excluding hydrogens is 250 g/mol. The molecule has 3 nitrogen and oxygen atoms in total. The van der Waals surface area contributed by atoms with E-state index >= 15 is 0 Å². The first-order valence-electron chi connectivity index (χ1n) is 7.69. The lowest BCUT2D eigenvalue weighted by molar-refractivity contribution is 0.0357. The maximum Gasteiger partial charge on any atom is 0.118 e. The Kier molecular flexibility index (Phi) is 3.74. The fraction of sp³-hybridized carbons (Fsp3) is 0.647. The van der Waals surface area contributed by atoms with Gasteiger partial charge in [0.25, 0.3) is 0 Å². The van der Waals surface area contributed by atoms with E-state index in [9.17, 15) is 5.11 Å². The van der Waals surface area contributed by atoms with Crippen LogP contribution in [0.2, 0.25) is 0 Å². The Hall–Kier alpha value is -1.06. The zero-order valence-corrected chi connectivity index (χ0v) is 12.5. The summed E-state index contributed by atoms with van der Waals surface area (Å²) in [6.07, 6.45) is 2.69. The van der Waals surface area contributed by atoms with Crippen molar-refractivity contribution in [1.82, 2.24) is 4.90 Å². The topological polar surface area (TPSA) is 32.7 Å². The van der Waals surface area contributed by atoms with E-state index in [0.717, 1.165) is 31.6 Å². The fourth-order valence-electron chi connectivity index (χ4n) is 4.08. The van der Waals surface area contributed by atoms with Crippen LogP contribution in [0, 0.1) is 11.8 Å². The van der Waals surface area contributed by atoms with Gasteiger partial charge in [-0.1, -0.05) is 19.1 Å². The molecule has 3 heteroatoms. The lowest BCUT2D eigenvalue weighted by Crippen LogP contribution is -2.32. The number of hydrogen-bond acceptors (Lipinski definition) is 3. The van der Waals surface area contributed by atoms with E-state index in [1.165, 1.54) is 18.7 Å². The van der Waals surface area contributed by atoms with E-state index in [1.807, 2.05) is 12.1 Å². The predicted molar refractivity (Wildman–Crippen MR) is 80.0 cm³/mol. The molecule has 1 saturated carbocycles. The molecule has 2 fully saturated rings. The van der Waals surface area contributed by atoms with Gasteiger partial charge in [0.1, 0.15) is 5.75 Å². The summed E-state index contributed by atoms with van der Waals surface area (Å²) in [5.74, 6) is 2.26. The first kappa shape index (κ1) is 13.9. The minimum atomic E-state index is -0.496. The standard InChI is InChI=1S/C17H25NO2/c1-3-18-11-14-9-17(19,10-15(14)12-18)8-13-4-6-16(20-2)7-5-13/h4-7,14-15,19H,3,8-12H2,1-2H3/t14-,15+,17?. The number of likely N-dealkylation sites (tertiary alicyclic amines) is 1. The third-order valence-corrected chi connectivity index (χ3v) is 5.08. The van der Waals surface area contributed by atoms with Crippen molar-refractivity contribution in [2.75, 3.05) is 26.7 Å². The number of aliphatic hydroxyl groups is 1. The molecule has 20 heavy (non-hydrogen) atoms. The van der Waals surface area contributed by atoms with Crippen LogP contribution < -0.4 is 4.74 Å². The van der Waals surface area contributed by atoms with Crippen molar-refractivity contribution in [3.63, 3.8) is 0 Å². The highest BCUT2D eigenvalue weighted by molar-refractivity contribution is 5.28. The Morgan fingerprint density at radius 2 is 1.80 bits per heavy atom. The lowest BCUT2D eigenvalue weighted by Gasteiger charge is -2.25. The zero-order valence-electron chi connectivity index (χ0n) is 12.5. The fourth-order valence-corrected chi connectivity index (χ4v) is 4.08. The second kappa shape index (κ2) is 5.38. The van der Waals surface area contributed by atoms with Crippen LogP contribution in [0.25, 0.3) is 0 Å². The molecule has 1 N–H and O–H groups in total. The summed E-state index contributed by atoms with van der Waals surface area (Å²) in [4.78, 5) is 2.52. The Morgan fingerprint density at radius 3 is 2.30 bits per heavy atom. The minimum absolute atomic E-state index is 0.496. The van der Waals surface area contributed by atoms with E-state index in [-0.39, 0.29) is 0 Å². The second-order valence-electron chi connectivity index (χ2n) is 6.53. The van der Waals surface area contributed by atoms with Gasteiger partial charge in [0.15, 0.2) is 0 Å². The Labute approximate surface area is 121 Å². The molecule has 1 aromatic carbocycles. The second-order valence-corrected chi connectivity index (χ2v) is 6.53. The molecule has 0 aromatic heterocycles. The highest BCUT2D eigenvalue weighted by Gasteiger charge is 2.47. The number of rotatable bonds is 4. The smallest absolute Gasteiger partial charge is 0.118 e. The van der Waals surface area contributed by atoms with Crippen LogP contribution >= 0.6 is 0 Å². The van der Waals surface area contributed by atoms with Gasteiger partial charge < -0.3 is 14.7 Å². The third kappa shape index (κ3) is 2.70. The normalized spacial score (nSPS) is 33.4. The van der Waals surface area contributed by atoms with Crippen molar-refractivity contribution < 1.29 is 9.84 Å². The predicted octanol–water partition coefficient (Wildman–Crippen LogP) is 2.33. The van der Waals surface area contributed by atoms with Crippen LogP contribution in [0.1, 0.15) is 25.3 Å². The summed E-state index contributed by atoms with van der Waals surface area (Å²) in [6.45, 7) is 5.71. The van der Waals surface area contributed by atoms with Gasteiger partial charge in [-0.05, 0) is 48.9 Å². The van der Waals surface area contributed by atoms with Crippen molar-refractivity contribution in [2.24, 2.45) is 11.8 Å². The summed E-state index contributed by atoms with van der Waals surface area (Å²) in [5, 5.41) is 10.9. The first-order valence-corrected chi connectivity index (χ1v) is 7.69. The van der Waals surface area contributed by atoms with Crippen molar-refractivity contribution >= 4 is 0 Å². The maximum atomic E-state index is 10.9. The molecule has 1 saturated heterocycles. The molecular formula is C17H25NO2. The SMILES string of the molecule is CCN1C[C@@H]2CC(O)(Cc3ccc(OC)cc3)C[C@@H]2C1. The Balaban J connectivity index is 1.63. The van der Waals surface area contributed by atoms with Gasteiger partial charge in [0, 0.05) is 19.5 Å². The van der Waals surface area contributed by atoms with Crippen molar-refractivity contribution in [3.8, 4) is 5.75 Å². The van der Waals surface area contributed by atoms with Crippen molar-refractivity contribution in [1.29, 1.82) is 0 Å². The van der Waals surface area contributed by atoms with Crippen LogP contribution in [0.5, 0.6) is 5.75 Å². The quantitative estimate of drug-likeness (QED) is 0.915. The molecule has 0 bridgehead atoms. The summed E-state index contributed by atoms with van der Waals surface area (Å²) < 4.78 is 5.18. The largest absolute Gasteiger partial charge is 0.497 e. The number of hydrogen-bond donors (Lipinski definition) is 1.